The predicted molar refractivity (Wildman–Crippen MR) is 137 cm³/mol. The van der Waals surface area contributed by atoms with E-state index in [4.69, 9.17) is 0 Å². The molecule has 1 aliphatic heterocycles. The number of carbonyl (C=O) groups excluding carboxylic acids is 1. The third kappa shape index (κ3) is 3.80. The van der Waals surface area contributed by atoms with Crippen LogP contribution >= 0.6 is 0 Å². The van der Waals surface area contributed by atoms with Gasteiger partial charge in [-0.15, -0.1) is 0 Å². The lowest BCUT2D eigenvalue weighted by Gasteiger charge is -2.61. The number of aromatic hydroxyl groups is 1. The van der Waals surface area contributed by atoms with Gasteiger partial charge in [0.1, 0.15) is 5.75 Å². The van der Waals surface area contributed by atoms with Crippen molar-refractivity contribution in [3.05, 3.63) is 59.2 Å². The number of sulfone groups is 1. The first kappa shape index (κ1) is 24.4. The van der Waals surface area contributed by atoms with Crippen LogP contribution in [0.15, 0.2) is 47.4 Å². The van der Waals surface area contributed by atoms with Crippen molar-refractivity contribution in [3.8, 4) is 5.75 Å². The summed E-state index contributed by atoms with van der Waals surface area (Å²) < 4.78 is 26.2. The number of aryl methyl sites for hydroxylation is 1. The average Bonchev–Trinajstić information content (AvgIpc) is 3.24. The predicted octanol–water partition coefficient (Wildman–Crippen LogP) is 5.03. The largest absolute Gasteiger partial charge is 0.508 e. The zero-order chi connectivity index (χ0) is 25.2. The number of piperidine rings is 1. The van der Waals surface area contributed by atoms with E-state index in [1.54, 1.807) is 18.2 Å². The van der Waals surface area contributed by atoms with Gasteiger partial charge in [-0.25, -0.2) is 8.42 Å². The molecule has 2 bridgehead atoms. The minimum absolute atomic E-state index is 0.00717. The number of fused-ring (bicyclic) bond motifs is 4. The quantitative estimate of drug-likeness (QED) is 0.645. The van der Waals surface area contributed by atoms with E-state index >= 15 is 0 Å². The second-order valence-corrected chi connectivity index (χ2v) is 13.8. The first-order chi connectivity index (χ1) is 16.5. The zero-order valence-electron chi connectivity index (χ0n) is 21.3. The topological polar surface area (TPSA) is 74.7 Å². The van der Waals surface area contributed by atoms with Crippen molar-refractivity contribution in [2.24, 2.45) is 17.3 Å². The first-order valence-corrected chi connectivity index (χ1v) is 14.5. The van der Waals surface area contributed by atoms with Gasteiger partial charge >= 0.3 is 0 Å². The lowest BCUT2D eigenvalue weighted by Crippen LogP contribution is -2.65. The summed E-state index contributed by atoms with van der Waals surface area (Å²) in [4.78, 5) is 16.3. The Kier molecular flexibility index (Phi) is 5.82. The third-order valence-corrected chi connectivity index (χ3v) is 11.7. The van der Waals surface area contributed by atoms with Crippen LogP contribution in [0.4, 0.5) is 0 Å². The highest BCUT2D eigenvalue weighted by atomic mass is 32.2. The molecule has 5 rings (SSSR count). The summed E-state index contributed by atoms with van der Waals surface area (Å²) in [5.74, 6) is 0.479. The molecule has 5 nitrogen and oxygen atoms in total. The van der Waals surface area contributed by atoms with Crippen molar-refractivity contribution in [3.63, 3.8) is 0 Å². The summed E-state index contributed by atoms with van der Waals surface area (Å²) in [6, 6.07) is 13.0. The fourth-order valence-corrected chi connectivity index (χ4v) is 9.13. The van der Waals surface area contributed by atoms with Crippen LogP contribution < -0.4 is 0 Å². The number of nitrogens with zero attached hydrogens (tertiary/aromatic N) is 1. The molecule has 4 atom stereocenters. The molecule has 2 aliphatic carbocycles. The van der Waals surface area contributed by atoms with Gasteiger partial charge in [0, 0.05) is 23.9 Å². The molecule has 0 aromatic heterocycles. The van der Waals surface area contributed by atoms with Gasteiger partial charge in [-0.3, -0.25) is 4.79 Å². The van der Waals surface area contributed by atoms with Gasteiger partial charge in [-0.1, -0.05) is 51.1 Å². The molecule has 1 N–H and O–H groups in total. The molecule has 1 amide bonds. The van der Waals surface area contributed by atoms with Crippen LogP contribution in [0.25, 0.3) is 0 Å². The highest BCUT2D eigenvalue weighted by Crippen LogP contribution is 2.57. The van der Waals surface area contributed by atoms with E-state index in [0.717, 1.165) is 30.4 Å². The number of amides is 1. The number of benzene rings is 2. The van der Waals surface area contributed by atoms with E-state index < -0.39 is 9.84 Å². The van der Waals surface area contributed by atoms with Gasteiger partial charge < -0.3 is 10.0 Å². The van der Waals surface area contributed by atoms with Crippen LogP contribution in [-0.2, 0) is 26.5 Å². The summed E-state index contributed by atoms with van der Waals surface area (Å²) in [7, 11) is -3.38. The van der Waals surface area contributed by atoms with Gasteiger partial charge in [0.15, 0.2) is 9.84 Å². The Balaban J connectivity index is 1.34. The number of carbonyl (C=O) groups is 1. The fourth-order valence-electron chi connectivity index (χ4n) is 7.18. The Bertz CT molecular complexity index is 1270. The van der Waals surface area contributed by atoms with Crippen molar-refractivity contribution < 1.29 is 18.3 Å². The van der Waals surface area contributed by atoms with Gasteiger partial charge in [0.2, 0.25) is 5.91 Å². The second-order valence-electron chi connectivity index (χ2n) is 11.8. The van der Waals surface area contributed by atoms with E-state index in [2.05, 4.69) is 31.7 Å². The molecule has 2 fully saturated rings. The SMILES string of the molecule is Cc1ccccc1S(=O)(=O)CC1CC[C@@H](C(=O)N2CC[C@@]3(C)c4cccc(O)c4C[C@@H]2C3(C)C)C1. The van der Waals surface area contributed by atoms with E-state index in [-0.39, 0.29) is 40.4 Å². The molecule has 1 saturated carbocycles. The maximum absolute atomic E-state index is 13.8. The van der Waals surface area contributed by atoms with E-state index in [9.17, 15) is 18.3 Å². The molecule has 35 heavy (non-hydrogen) atoms. The van der Waals surface area contributed by atoms with Crippen molar-refractivity contribution in [2.45, 2.75) is 76.2 Å². The van der Waals surface area contributed by atoms with Gasteiger partial charge in [0.05, 0.1) is 10.6 Å². The summed E-state index contributed by atoms with van der Waals surface area (Å²) in [5, 5.41) is 10.6. The molecule has 2 aromatic rings. The van der Waals surface area contributed by atoms with Crippen LogP contribution in [0.3, 0.4) is 0 Å². The number of rotatable bonds is 4. The highest BCUT2D eigenvalue weighted by Gasteiger charge is 2.57. The molecule has 1 saturated heterocycles. The Morgan fingerprint density at radius 1 is 1.09 bits per heavy atom. The minimum Gasteiger partial charge on any atom is -0.508 e. The summed E-state index contributed by atoms with van der Waals surface area (Å²) in [5.41, 5.74) is 2.73. The third-order valence-electron chi connectivity index (χ3n) is 9.68. The number of phenolic OH excluding ortho intramolecular Hbond substituents is 1. The van der Waals surface area contributed by atoms with Crippen LogP contribution in [0.2, 0.25) is 0 Å². The van der Waals surface area contributed by atoms with Crippen LogP contribution in [0.5, 0.6) is 5.75 Å². The summed E-state index contributed by atoms with van der Waals surface area (Å²) in [6.45, 7) is 9.34. The lowest BCUT2D eigenvalue weighted by atomic mass is 9.51. The maximum atomic E-state index is 13.8. The van der Waals surface area contributed by atoms with E-state index in [0.29, 0.717) is 30.0 Å². The maximum Gasteiger partial charge on any atom is 0.225 e. The summed E-state index contributed by atoms with van der Waals surface area (Å²) >= 11 is 0. The van der Waals surface area contributed by atoms with Crippen molar-refractivity contribution in [1.29, 1.82) is 0 Å². The first-order valence-electron chi connectivity index (χ1n) is 12.9. The molecule has 0 radical (unpaired) electrons. The number of hydrogen-bond acceptors (Lipinski definition) is 4. The van der Waals surface area contributed by atoms with Crippen LogP contribution in [-0.4, -0.2) is 42.7 Å². The van der Waals surface area contributed by atoms with Crippen molar-refractivity contribution >= 4 is 15.7 Å². The second kappa shape index (κ2) is 8.36. The number of phenols is 1. The fraction of sp³-hybridized carbons (Fsp3) is 0.552. The van der Waals surface area contributed by atoms with E-state index in [1.165, 1.54) is 5.56 Å². The van der Waals surface area contributed by atoms with E-state index in [1.807, 2.05) is 25.1 Å². The van der Waals surface area contributed by atoms with Gasteiger partial charge in [-0.2, -0.15) is 0 Å². The van der Waals surface area contributed by atoms with Crippen LogP contribution in [0, 0.1) is 24.2 Å². The lowest BCUT2D eigenvalue weighted by molar-refractivity contribution is -0.148. The zero-order valence-corrected chi connectivity index (χ0v) is 22.1. The smallest absolute Gasteiger partial charge is 0.225 e. The number of likely N-dealkylation sites (tertiary alicyclic amines) is 1. The Hall–Kier alpha value is -2.34. The summed E-state index contributed by atoms with van der Waals surface area (Å²) in [6.07, 6.45) is 3.66. The Labute approximate surface area is 209 Å². The monoisotopic (exact) mass is 495 g/mol. The molecule has 188 valence electrons. The molecule has 2 aromatic carbocycles. The molecule has 1 unspecified atom stereocenters. The molecule has 1 heterocycles. The molecule has 0 spiro atoms. The molecule has 3 aliphatic rings. The normalized spacial score (nSPS) is 29.6. The standard InChI is InChI=1S/C29H37NO4S/c1-19-8-5-6-11-25(19)35(33,34)18-20-12-13-21(16-20)27(32)30-15-14-29(4)23-9-7-10-24(31)22(23)17-26(30)28(29,2)3/h5-11,20-21,26,31H,12-18H2,1-4H3/t20?,21-,26-,29+/m1/s1. The van der Waals surface area contributed by atoms with Gasteiger partial charge in [0.25, 0.3) is 0 Å². The Morgan fingerprint density at radius 2 is 1.83 bits per heavy atom. The Morgan fingerprint density at radius 3 is 2.57 bits per heavy atom. The molecular formula is C29H37NO4S. The highest BCUT2D eigenvalue weighted by molar-refractivity contribution is 7.91. The van der Waals surface area contributed by atoms with Crippen molar-refractivity contribution in [2.75, 3.05) is 12.3 Å². The number of hydrogen-bond donors (Lipinski definition) is 1. The van der Waals surface area contributed by atoms with Crippen molar-refractivity contribution in [1.82, 2.24) is 4.90 Å². The molecular weight excluding hydrogens is 458 g/mol. The van der Waals surface area contributed by atoms with Crippen LogP contribution in [0.1, 0.15) is 63.1 Å². The average molecular weight is 496 g/mol. The van der Waals surface area contributed by atoms with Gasteiger partial charge in [-0.05, 0) is 79.2 Å². The minimum atomic E-state index is -3.38. The molecule has 6 heteroatoms.